The molecule has 1 saturated heterocycles. The minimum atomic E-state index is 0. The summed E-state index contributed by atoms with van der Waals surface area (Å²) in [4.78, 5) is 7.13. The fourth-order valence-electron chi connectivity index (χ4n) is 1.83. The van der Waals surface area contributed by atoms with Crippen LogP contribution in [0.25, 0.3) is 0 Å². The van der Waals surface area contributed by atoms with Crippen LogP contribution in [0, 0.1) is 0 Å². The highest BCUT2D eigenvalue weighted by Crippen LogP contribution is 2.15. The first-order valence-corrected chi connectivity index (χ1v) is 8.44. The van der Waals surface area contributed by atoms with Crippen LogP contribution in [0.5, 0.6) is 0 Å². The summed E-state index contributed by atoms with van der Waals surface area (Å²) >= 11 is 0. The van der Waals surface area contributed by atoms with Gasteiger partial charge in [0.25, 0.3) is 0 Å². The first-order chi connectivity index (χ1) is 9.11. The normalized spacial score (nSPS) is 15.2. The number of hydrogen-bond acceptors (Lipinski definition) is 1. The van der Waals surface area contributed by atoms with Crippen molar-refractivity contribution >= 4 is 5.84 Å². The number of piperidine rings is 1. The summed E-state index contributed by atoms with van der Waals surface area (Å²) in [5, 5.41) is 0. The maximum absolute atomic E-state index is 4.68. The summed E-state index contributed by atoms with van der Waals surface area (Å²) < 4.78 is 0. The average Bonchev–Trinajstić information content (AvgIpc) is 2.45. The summed E-state index contributed by atoms with van der Waals surface area (Å²) in [5.74, 6) is 1.33. The Hall–Kier alpha value is -0.530. The molecule has 0 saturated carbocycles. The molecule has 1 aliphatic rings. The minimum Gasteiger partial charge on any atom is -0.358 e. The Kier molecular flexibility index (Phi) is 28.8. The zero-order chi connectivity index (χ0) is 15.8. The van der Waals surface area contributed by atoms with Crippen molar-refractivity contribution in [1.29, 1.82) is 0 Å². The van der Waals surface area contributed by atoms with Crippen molar-refractivity contribution in [1.82, 2.24) is 4.90 Å². The van der Waals surface area contributed by atoms with Gasteiger partial charge in [0.2, 0.25) is 0 Å². The molecule has 1 aliphatic heterocycles. The molecule has 2 heteroatoms. The Bertz CT molecular complexity index is 184. The van der Waals surface area contributed by atoms with Gasteiger partial charge in [0.15, 0.2) is 0 Å². The molecule has 1 heterocycles. The van der Waals surface area contributed by atoms with Gasteiger partial charge in [-0.1, -0.05) is 49.0 Å². The minimum absolute atomic E-state index is 0. The van der Waals surface area contributed by atoms with Crippen molar-refractivity contribution in [3.05, 3.63) is 0 Å². The van der Waals surface area contributed by atoms with Crippen LogP contribution in [-0.4, -0.2) is 29.4 Å². The third-order valence-corrected chi connectivity index (χ3v) is 2.41. The standard InChI is InChI=1S/C11H22N2.3C2H6.CH4/c1-9(2)12-11-7-5-6-8-13(11)10(3)4;3*1-2;/h9-10H,5-8H2,1-4H3;3*1-2H3;1H4. The monoisotopic (exact) mass is 288 g/mol. The van der Waals surface area contributed by atoms with Gasteiger partial charge in [0.05, 0.1) is 5.84 Å². The molecule has 20 heavy (non-hydrogen) atoms. The molecular weight excluding hydrogens is 244 g/mol. The number of rotatable bonds is 2. The molecular formula is C18H44N2. The summed E-state index contributed by atoms with van der Waals surface area (Å²) in [6.45, 7) is 22.0. The van der Waals surface area contributed by atoms with Gasteiger partial charge >= 0.3 is 0 Å². The molecule has 0 spiro atoms. The smallest absolute Gasteiger partial charge is 0.0994 e. The van der Waals surface area contributed by atoms with Crippen molar-refractivity contribution in [2.75, 3.05) is 6.54 Å². The predicted molar refractivity (Wildman–Crippen MR) is 99.0 cm³/mol. The van der Waals surface area contributed by atoms with Crippen LogP contribution in [0.1, 0.15) is 95.9 Å². The van der Waals surface area contributed by atoms with Crippen molar-refractivity contribution in [2.45, 2.75) is 108 Å². The lowest BCUT2D eigenvalue weighted by Crippen LogP contribution is -2.40. The van der Waals surface area contributed by atoms with Gasteiger partial charge in [-0.3, -0.25) is 4.99 Å². The van der Waals surface area contributed by atoms with Crippen LogP contribution < -0.4 is 0 Å². The van der Waals surface area contributed by atoms with Gasteiger partial charge in [-0.25, -0.2) is 0 Å². The Morgan fingerprint density at radius 1 is 0.850 bits per heavy atom. The van der Waals surface area contributed by atoms with Crippen molar-refractivity contribution in [3.63, 3.8) is 0 Å². The van der Waals surface area contributed by atoms with Crippen molar-refractivity contribution in [2.24, 2.45) is 4.99 Å². The molecule has 1 rings (SSSR count). The molecule has 0 atom stereocenters. The van der Waals surface area contributed by atoms with Gasteiger partial charge in [-0.15, -0.1) is 0 Å². The van der Waals surface area contributed by atoms with E-state index in [1.165, 1.54) is 31.6 Å². The van der Waals surface area contributed by atoms with Crippen LogP contribution in [0.2, 0.25) is 0 Å². The lowest BCUT2D eigenvalue weighted by atomic mass is 10.1. The van der Waals surface area contributed by atoms with Gasteiger partial charge in [0, 0.05) is 25.0 Å². The molecule has 2 nitrogen and oxygen atoms in total. The first-order valence-electron chi connectivity index (χ1n) is 8.44. The molecule has 0 unspecified atom stereocenters. The van der Waals surface area contributed by atoms with Gasteiger partial charge in [0.1, 0.15) is 0 Å². The lowest BCUT2D eigenvalue weighted by molar-refractivity contribution is 0.311. The summed E-state index contributed by atoms with van der Waals surface area (Å²) in [6.07, 6.45) is 3.82. The maximum atomic E-state index is 4.68. The van der Waals surface area contributed by atoms with E-state index in [9.17, 15) is 0 Å². The van der Waals surface area contributed by atoms with Crippen LogP contribution in [-0.2, 0) is 0 Å². The summed E-state index contributed by atoms with van der Waals surface area (Å²) in [5.41, 5.74) is 0. The second kappa shape index (κ2) is 20.8. The first kappa shape index (κ1) is 27.8. The SMILES string of the molecule is C.CC.CC.CC.CC(C)N=C1CCCCN1C(C)C. The highest BCUT2D eigenvalue weighted by molar-refractivity contribution is 5.83. The van der Waals surface area contributed by atoms with E-state index >= 15 is 0 Å². The van der Waals surface area contributed by atoms with E-state index < -0.39 is 0 Å². The second-order valence-electron chi connectivity index (χ2n) is 4.38. The van der Waals surface area contributed by atoms with Crippen LogP contribution in [0.4, 0.5) is 0 Å². The van der Waals surface area contributed by atoms with Gasteiger partial charge in [-0.2, -0.15) is 0 Å². The molecule has 0 aromatic heterocycles. The molecule has 0 aromatic rings. The highest BCUT2D eigenvalue weighted by Gasteiger charge is 2.18. The summed E-state index contributed by atoms with van der Waals surface area (Å²) in [6, 6.07) is 1.05. The molecule has 0 amide bonds. The molecule has 0 N–H and O–H groups in total. The number of likely N-dealkylation sites (tertiary alicyclic amines) is 1. The molecule has 0 aliphatic carbocycles. The van der Waals surface area contributed by atoms with E-state index in [-0.39, 0.29) is 7.43 Å². The Morgan fingerprint density at radius 3 is 1.65 bits per heavy atom. The number of hydrogen-bond donors (Lipinski definition) is 0. The Balaban J connectivity index is -0.000000162. The zero-order valence-electron chi connectivity index (χ0n) is 15.4. The largest absolute Gasteiger partial charge is 0.358 e. The van der Waals surface area contributed by atoms with Crippen LogP contribution in [0.15, 0.2) is 4.99 Å². The average molecular weight is 289 g/mol. The number of aliphatic imine (C=N–C) groups is 1. The van der Waals surface area contributed by atoms with Gasteiger partial charge in [-0.05, 0) is 40.5 Å². The Labute approximate surface area is 131 Å². The van der Waals surface area contributed by atoms with Crippen LogP contribution in [0.3, 0.4) is 0 Å². The lowest BCUT2D eigenvalue weighted by Gasteiger charge is -2.34. The molecule has 126 valence electrons. The van der Waals surface area contributed by atoms with E-state index in [2.05, 4.69) is 37.6 Å². The topological polar surface area (TPSA) is 15.6 Å². The van der Waals surface area contributed by atoms with E-state index in [1.54, 1.807) is 0 Å². The summed E-state index contributed by atoms with van der Waals surface area (Å²) in [7, 11) is 0. The second-order valence-corrected chi connectivity index (χ2v) is 4.38. The third kappa shape index (κ3) is 13.9. The molecule has 0 radical (unpaired) electrons. The fraction of sp³-hybridized carbons (Fsp3) is 0.944. The quantitative estimate of drug-likeness (QED) is 0.574. The number of amidine groups is 1. The zero-order valence-corrected chi connectivity index (χ0v) is 15.4. The van der Waals surface area contributed by atoms with Crippen LogP contribution >= 0.6 is 0 Å². The molecule has 1 fully saturated rings. The third-order valence-electron chi connectivity index (χ3n) is 2.41. The van der Waals surface area contributed by atoms with Crippen molar-refractivity contribution < 1.29 is 0 Å². The fourth-order valence-corrected chi connectivity index (χ4v) is 1.83. The maximum Gasteiger partial charge on any atom is 0.0994 e. The van der Waals surface area contributed by atoms with E-state index in [0.29, 0.717) is 12.1 Å². The van der Waals surface area contributed by atoms with Gasteiger partial charge < -0.3 is 4.90 Å². The van der Waals surface area contributed by atoms with E-state index in [1.807, 2.05) is 41.5 Å². The molecule has 0 aromatic carbocycles. The molecule has 0 bridgehead atoms. The van der Waals surface area contributed by atoms with E-state index in [0.717, 1.165) is 0 Å². The predicted octanol–water partition coefficient (Wildman–Crippen LogP) is 6.40. The highest BCUT2D eigenvalue weighted by atomic mass is 15.2. The number of nitrogens with zero attached hydrogens (tertiary/aromatic N) is 2. The van der Waals surface area contributed by atoms with E-state index in [4.69, 9.17) is 0 Å². The Morgan fingerprint density at radius 2 is 1.30 bits per heavy atom. The van der Waals surface area contributed by atoms with Crippen molar-refractivity contribution in [3.8, 4) is 0 Å².